The third kappa shape index (κ3) is 3.55. The first-order valence-electron chi connectivity index (χ1n) is 6.90. The predicted octanol–water partition coefficient (Wildman–Crippen LogP) is 3.25. The van der Waals surface area contributed by atoms with Gasteiger partial charge in [-0.15, -0.1) is 0 Å². The van der Waals surface area contributed by atoms with Crippen molar-refractivity contribution in [1.29, 1.82) is 5.26 Å². The minimum Gasteiger partial charge on any atom is -0.497 e. The molecule has 0 heterocycles. The van der Waals surface area contributed by atoms with E-state index in [0.717, 1.165) is 16.7 Å². The topological polar surface area (TPSA) is 77.5 Å². The van der Waals surface area contributed by atoms with Gasteiger partial charge in [-0.1, -0.05) is 6.07 Å². The van der Waals surface area contributed by atoms with Gasteiger partial charge in [0.15, 0.2) is 0 Å². The first-order chi connectivity index (χ1) is 11.1. The first-order valence-corrected chi connectivity index (χ1v) is 6.90. The highest BCUT2D eigenvalue weighted by Gasteiger charge is 2.11. The van der Waals surface area contributed by atoms with Crippen LogP contribution in [0.4, 0.5) is 5.69 Å². The summed E-state index contributed by atoms with van der Waals surface area (Å²) < 4.78 is 15.8. The standard InChI is InChI=1S/C18H18N2O3/c1-21-14-8-13(9-15(11-14)22-2)16(6-7-19)12-4-5-17(20)18(10-12)23-3/h4-6,8-11H,20H2,1-3H3. The van der Waals surface area contributed by atoms with Crippen LogP contribution in [-0.2, 0) is 0 Å². The fourth-order valence-electron chi connectivity index (χ4n) is 2.24. The molecule has 2 aromatic carbocycles. The van der Waals surface area contributed by atoms with Crippen molar-refractivity contribution >= 4 is 11.3 Å². The van der Waals surface area contributed by atoms with Crippen LogP contribution in [-0.4, -0.2) is 21.3 Å². The number of nitrogens with two attached hydrogens (primary N) is 1. The molecule has 2 rings (SSSR count). The second-order valence-corrected chi connectivity index (χ2v) is 4.75. The Morgan fingerprint density at radius 2 is 1.61 bits per heavy atom. The van der Waals surface area contributed by atoms with E-state index in [9.17, 15) is 0 Å². The fourth-order valence-corrected chi connectivity index (χ4v) is 2.24. The Labute approximate surface area is 135 Å². The lowest BCUT2D eigenvalue weighted by molar-refractivity contribution is 0.394. The largest absolute Gasteiger partial charge is 0.497 e. The van der Waals surface area contributed by atoms with Gasteiger partial charge in [0.2, 0.25) is 0 Å². The summed E-state index contributed by atoms with van der Waals surface area (Å²) in [5.74, 6) is 1.84. The summed E-state index contributed by atoms with van der Waals surface area (Å²) in [6.07, 6.45) is 1.47. The number of anilines is 1. The molecule has 0 fully saturated rings. The van der Waals surface area contributed by atoms with Crippen molar-refractivity contribution in [2.45, 2.75) is 0 Å². The van der Waals surface area contributed by atoms with Crippen LogP contribution in [0.1, 0.15) is 11.1 Å². The molecular formula is C18H18N2O3. The minimum absolute atomic E-state index is 0.538. The zero-order valence-electron chi connectivity index (χ0n) is 13.3. The van der Waals surface area contributed by atoms with E-state index in [4.69, 9.17) is 25.2 Å². The lowest BCUT2D eigenvalue weighted by atomic mass is 9.96. The zero-order valence-corrected chi connectivity index (χ0v) is 13.3. The van der Waals surface area contributed by atoms with E-state index in [-0.39, 0.29) is 0 Å². The number of nitrogens with zero attached hydrogens (tertiary/aromatic N) is 1. The molecule has 0 spiro atoms. The molecule has 0 aliphatic heterocycles. The molecule has 118 valence electrons. The summed E-state index contributed by atoms with van der Waals surface area (Å²) in [6.45, 7) is 0. The molecule has 5 nitrogen and oxygen atoms in total. The average Bonchev–Trinajstić information content (AvgIpc) is 2.59. The van der Waals surface area contributed by atoms with Crippen LogP contribution < -0.4 is 19.9 Å². The number of hydrogen-bond donors (Lipinski definition) is 1. The highest BCUT2D eigenvalue weighted by atomic mass is 16.5. The van der Waals surface area contributed by atoms with E-state index < -0.39 is 0 Å². The van der Waals surface area contributed by atoms with Gasteiger partial charge in [-0.2, -0.15) is 5.26 Å². The van der Waals surface area contributed by atoms with E-state index in [1.807, 2.05) is 18.2 Å². The van der Waals surface area contributed by atoms with Crippen LogP contribution in [0.5, 0.6) is 17.2 Å². The highest BCUT2D eigenvalue weighted by Crippen LogP contribution is 2.33. The molecule has 0 atom stereocenters. The van der Waals surface area contributed by atoms with Gasteiger partial charge in [-0.3, -0.25) is 0 Å². The van der Waals surface area contributed by atoms with Crippen molar-refractivity contribution in [1.82, 2.24) is 0 Å². The molecule has 0 aliphatic carbocycles. The number of rotatable bonds is 5. The van der Waals surface area contributed by atoms with Crippen molar-refractivity contribution in [3.8, 4) is 23.3 Å². The van der Waals surface area contributed by atoms with Gasteiger partial charge in [0, 0.05) is 12.1 Å². The third-order valence-electron chi connectivity index (χ3n) is 3.42. The molecule has 0 aliphatic rings. The number of ether oxygens (including phenoxy) is 3. The molecule has 2 N–H and O–H groups in total. The van der Waals surface area contributed by atoms with E-state index in [0.29, 0.717) is 22.9 Å². The predicted molar refractivity (Wildman–Crippen MR) is 89.6 cm³/mol. The zero-order chi connectivity index (χ0) is 16.8. The molecule has 0 amide bonds. The maximum absolute atomic E-state index is 9.15. The summed E-state index contributed by atoms with van der Waals surface area (Å²) in [6, 6.07) is 12.9. The molecule has 0 radical (unpaired) electrons. The molecule has 0 unspecified atom stereocenters. The van der Waals surface area contributed by atoms with Crippen molar-refractivity contribution in [2.75, 3.05) is 27.1 Å². The van der Waals surface area contributed by atoms with Crippen LogP contribution in [0.3, 0.4) is 0 Å². The summed E-state index contributed by atoms with van der Waals surface area (Å²) in [5, 5.41) is 9.15. The molecule has 0 aromatic heterocycles. The SMILES string of the molecule is COc1cc(OC)cc(C(=CC#N)c2ccc(N)c(OC)c2)c1. The van der Waals surface area contributed by atoms with Crippen LogP contribution in [0.25, 0.3) is 5.57 Å². The van der Waals surface area contributed by atoms with Crippen LogP contribution in [0.15, 0.2) is 42.5 Å². The van der Waals surface area contributed by atoms with E-state index in [1.54, 1.807) is 39.5 Å². The van der Waals surface area contributed by atoms with Crippen LogP contribution in [0, 0.1) is 11.3 Å². The van der Waals surface area contributed by atoms with Gasteiger partial charge in [-0.25, -0.2) is 0 Å². The first kappa shape index (κ1) is 16.2. The van der Waals surface area contributed by atoms with E-state index >= 15 is 0 Å². The summed E-state index contributed by atoms with van der Waals surface area (Å²) >= 11 is 0. The Balaban J connectivity index is 2.60. The van der Waals surface area contributed by atoms with Gasteiger partial charge >= 0.3 is 0 Å². The van der Waals surface area contributed by atoms with Gasteiger partial charge in [-0.05, 0) is 41.0 Å². The van der Waals surface area contributed by atoms with Crippen molar-refractivity contribution in [3.05, 3.63) is 53.6 Å². The number of nitrogen functional groups attached to an aromatic ring is 1. The van der Waals surface area contributed by atoms with Crippen LogP contribution >= 0.6 is 0 Å². The number of allylic oxidation sites excluding steroid dienone is 1. The molecular weight excluding hydrogens is 292 g/mol. The van der Waals surface area contributed by atoms with Gasteiger partial charge < -0.3 is 19.9 Å². The highest BCUT2D eigenvalue weighted by molar-refractivity contribution is 5.83. The van der Waals surface area contributed by atoms with Crippen molar-refractivity contribution in [3.63, 3.8) is 0 Å². The number of nitriles is 1. The number of hydrogen-bond acceptors (Lipinski definition) is 5. The Hall–Kier alpha value is -3.13. The lowest BCUT2D eigenvalue weighted by Gasteiger charge is -2.13. The number of methoxy groups -OCH3 is 3. The quantitative estimate of drug-likeness (QED) is 0.677. The molecule has 0 saturated carbocycles. The Kier molecular flexibility index (Phi) is 5.11. The van der Waals surface area contributed by atoms with Crippen molar-refractivity contribution < 1.29 is 14.2 Å². The van der Waals surface area contributed by atoms with Gasteiger partial charge in [0.05, 0.1) is 33.1 Å². The molecule has 2 aromatic rings. The maximum Gasteiger partial charge on any atom is 0.142 e. The Morgan fingerprint density at radius 3 is 2.13 bits per heavy atom. The third-order valence-corrected chi connectivity index (χ3v) is 3.42. The normalized spacial score (nSPS) is 10.8. The lowest BCUT2D eigenvalue weighted by Crippen LogP contribution is -1.96. The summed E-state index contributed by atoms with van der Waals surface area (Å²) in [4.78, 5) is 0. The molecule has 23 heavy (non-hydrogen) atoms. The van der Waals surface area contributed by atoms with Crippen LogP contribution in [0.2, 0.25) is 0 Å². The van der Waals surface area contributed by atoms with Gasteiger partial charge in [0.1, 0.15) is 17.2 Å². The molecule has 0 bridgehead atoms. The smallest absolute Gasteiger partial charge is 0.142 e. The fraction of sp³-hybridized carbons (Fsp3) is 0.167. The molecule has 0 saturated heterocycles. The minimum atomic E-state index is 0.538. The monoisotopic (exact) mass is 310 g/mol. The van der Waals surface area contributed by atoms with E-state index in [2.05, 4.69) is 6.07 Å². The second kappa shape index (κ2) is 7.23. The average molecular weight is 310 g/mol. The van der Waals surface area contributed by atoms with E-state index in [1.165, 1.54) is 6.08 Å². The summed E-state index contributed by atoms with van der Waals surface area (Å²) in [5.41, 5.74) is 8.73. The van der Waals surface area contributed by atoms with Crippen molar-refractivity contribution in [2.24, 2.45) is 0 Å². The number of benzene rings is 2. The Morgan fingerprint density at radius 1 is 0.957 bits per heavy atom. The Bertz CT molecular complexity index is 754. The molecule has 5 heteroatoms. The summed E-state index contributed by atoms with van der Waals surface area (Å²) in [7, 11) is 4.72. The second-order valence-electron chi connectivity index (χ2n) is 4.75. The van der Waals surface area contributed by atoms with Gasteiger partial charge in [0.25, 0.3) is 0 Å². The maximum atomic E-state index is 9.15.